The second kappa shape index (κ2) is 5.14. The number of aromatic amines is 1. The lowest BCUT2D eigenvalue weighted by atomic mass is 10.0. The predicted octanol–water partition coefficient (Wildman–Crippen LogP) is 0.530. The molecule has 2 heterocycles. The monoisotopic (exact) mass is 236 g/mol. The molecule has 17 heavy (non-hydrogen) atoms. The molecule has 0 saturated carbocycles. The van der Waals surface area contributed by atoms with Crippen LogP contribution in [0.2, 0.25) is 0 Å². The minimum atomic E-state index is -0.328. The van der Waals surface area contributed by atoms with Crippen LogP contribution in [-0.4, -0.2) is 30.1 Å². The van der Waals surface area contributed by atoms with Crippen LogP contribution in [0.3, 0.4) is 0 Å². The van der Waals surface area contributed by atoms with Gasteiger partial charge in [-0.1, -0.05) is 0 Å². The van der Waals surface area contributed by atoms with Crippen LogP contribution in [0, 0.1) is 5.92 Å². The van der Waals surface area contributed by atoms with E-state index in [1.807, 2.05) is 6.92 Å². The number of nitrogens with one attached hydrogen (secondary N) is 2. The number of hydrogen-bond acceptors (Lipinski definition) is 3. The summed E-state index contributed by atoms with van der Waals surface area (Å²) < 4.78 is 5.41. The van der Waals surface area contributed by atoms with Crippen molar-refractivity contribution in [3.63, 3.8) is 0 Å². The van der Waals surface area contributed by atoms with Gasteiger partial charge < -0.3 is 15.0 Å². The third-order valence-corrected chi connectivity index (χ3v) is 3.13. The van der Waals surface area contributed by atoms with Crippen LogP contribution >= 0.6 is 0 Å². The highest BCUT2D eigenvalue weighted by Gasteiger charge is 2.24. The van der Waals surface area contributed by atoms with Crippen molar-refractivity contribution in [1.82, 2.24) is 10.3 Å². The standard InChI is InChI=1S/C12H16N2O3/c1-8-9(3-5-17-8)6-14-12(16)10-7-13-4-2-11(10)15/h2,4,7-9H,3,5-6H2,1H3,(H,13,15)(H,14,16). The third-order valence-electron chi connectivity index (χ3n) is 3.13. The number of carbonyl (C=O) groups is 1. The van der Waals surface area contributed by atoms with E-state index in [1.165, 1.54) is 18.5 Å². The summed E-state index contributed by atoms with van der Waals surface area (Å²) in [5, 5.41) is 2.77. The first-order valence-corrected chi connectivity index (χ1v) is 5.75. The normalized spacial score (nSPS) is 23.6. The Bertz CT molecular complexity index is 455. The smallest absolute Gasteiger partial charge is 0.256 e. The average molecular weight is 236 g/mol. The molecule has 0 spiro atoms. The molecular formula is C12H16N2O3. The van der Waals surface area contributed by atoms with Crippen LogP contribution in [0.5, 0.6) is 0 Å². The number of hydrogen-bond donors (Lipinski definition) is 2. The zero-order chi connectivity index (χ0) is 12.3. The fourth-order valence-corrected chi connectivity index (χ4v) is 1.96. The van der Waals surface area contributed by atoms with Crippen molar-refractivity contribution in [1.29, 1.82) is 0 Å². The topological polar surface area (TPSA) is 71.2 Å². The summed E-state index contributed by atoms with van der Waals surface area (Å²) in [5.41, 5.74) is -0.115. The van der Waals surface area contributed by atoms with Crippen LogP contribution in [0.1, 0.15) is 23.7 Å². The quantitative estimate of drug-likeness (QED) is 0.804. The Morgan fingerprint density at radius 2 is 2.47 bits per heavy atom. The zero-order valence-corrected chi connectivity index (χ0v) is 9.73. The molecule has 1 aliphatic rings. The molecule has 2 N–H and O–H groups in total. The summed E-state index contributed by atoms with van der Waals surface area (Å²) in [6.07, 6.45) is 4.05. The summed E-state index contributed by atoms with van der Waals surface area (Å²) in [6, 6.07) is 1.34. The first-order valence-electron chi connectivity index (χ1n) is 5.75. The second-order valence-corrected chi connectivity index (χ2v) is 4.26. The molecule has 5 nitrogen and oxygen atoms in total. The van der Waals surface area contributed by atoms with Gasteiger partial charge in [0.1, 0.15) is 5.56 Å². The van der Waals surface area contributed by atoms with Gasteiger partial charge in [-0.2, -0.15) is 0 Å². The van der Waals surface area contributed by atoms with Gasteiger partial charge in [0, 0.05) is 37.5 Å². The zero-order valence-electron chi connectivity index (χ0n) is 9.73. The van der Waals surface area contributed by atoms with E-state index < -0.39 is 0 Å². The Morgan fingerprint density at radius 1 is 1.65 bits per heavy atom. The van der Waals surface area contributed by atoms with Gasteiger partial charge in [0.2, 0.25) is 0 Å². The molecule has 92 valence electrons. The highest BCUT2D eigenvalue weighted by molar-refractivity contribution is 5.93. The second-order valence-electron chi connectivity index (χ2n) is 4.26. The fraction of sp³-hybridized carbons (Fsp3) is 0.500. The number of carbonyl (C=O) groups excluding carboxylic acids is 1. The molecule has 1 fully saturated rings. The highest BCUT2D eigenvalue weighted by Crippen LogP contribution is 2.19. The van der Waals surface area contributed by atoms with E-state index >= 15 is 0 Å². The Morgan fingerprint density at radius 3 is 3.12 bits per heavy atom. The van der Waals surface area contributed by atoms with Gasteiger partial charge in [-0.15, -0.1) is 0 Å². The highest BCUT2D eigenvalue weighted by atomic mass is 16.5. The summed E-state index contributed by atoms with van der Waals surface area (Å²) in [4.78, 5) is 25.9. The molecule has 5 heteroatoms. The van der Waals surface area contributed by atoms with Gasteiger partial charge in [0.05, 0.1) is 6.10 Å². The molecule has 0 aromatic carbocycles. The van der Waals surface area contributed by atoms with E-state index in [4.69, 9.17) is 4.74 Å². The molecule has 1 saturated heterocycles. The SMILES string of the molecule is CC1OCCC1CNC(=O)c1c[nH]ccc1=O. The van der Waals surface area contributed by atoms with Gasteiger partial charge in [-0.05, 0) is 13.3 Å². The lowest BCUT2D eigenvalue weighted by Gasteiger charge is -2.14. The first kappa shape index (κ1) is 11.9. The number of H-pyrrole nitrogens is 1. The van der Waals surface area contributed by atoms with Crippen LogP contribution in [-0.2, 0) is 4.74 Å². The summed E-state index contributed by atoms with van der Waals surface area (Å²) in [5.74, 6) is 0.00712. The van der Waals surface area contributed by atoms with Gasteiger partial charge in [0.25, 0.3) is 5.91 Å². The van der Waals surface area contributed by atoms with Crippen molar-refractivity contribution >= 4 is 5.91 Å². The lowest BCUT2D eigenvalue weighted by Crippen LogP contribution is -2.34. The maximum atomic E-state index is 11.8. The van der Waals surface area contributed by atoms with Crippen molar-refractivity contribution in [2.75, 3.05) is 13.2 Å². The van der Waals surface area contributed by atoms with Crippen molar-refractivity contribution in [2.45, 2.75) is 19.4 Å². The van der Waals surface area contributed by atoms with Crippen molar-refractivity contribution < 1.29 is 9.53 Å². The molecule has 1 aromatic rings. The number of aromatic nitrogens is 1. The van der Waals surface area contributed by atoms with Gasteiger partial charge in [0.15, 0.2) is 5.43 Å². The van der Waals surface area contributed by atoms with Gasteiger partial charge >= 0.3 is 0 Å². The number of rotatable bonds is 3. The van der Waals surface area contributed by atoms with Crippen LogP contribution in [0.4, 0.5) is 0 Å². The molecule has 2 unspecified atom stereocenters. The molecule has 2 rings (SSSR count). The average Bonchev–Trinajstić information content (AvgIpc) is 2.72. The third kappa shape index (κ3) is 2.74. The predicted molar refractivity (Wildman–Crippen MR) is 62.9 cm³/mol. The molecule has 0 aliphatic carbocycles. The number of ether oxygens (including phenoxy) is 1. The first-order chi connectivity index (χ1) is 8.18. The van der Waals surface area contributed by atoms with Gasteiger partial charge in [-0.25, -0.2) is 0 Å². The molecule has 1 amide bonds. The summed E-state index contributed by atoms with van der Waals surface area (Å²) >= 11 is 0. The number of pyridine rings is 1. The Balaban J connectivity index is 1.94. The fourth-order valence-electron chi connectivity index (χ4n) is 1.96. The largest absolute Gasteiger partial charge is 0.378 e. The van der Waals surface area contributed by atoms with Crippen molar-refractivity contribution in [3.05, 3.63) is 34.2 Å². The van der Waals surface area contributed by atoms with Crippen molar-refractivity contribution in [3.8, 4) is 0 Å². The molecule has 0 radical (unpaired) electrons. The lowest BCUT2D eigenvalue weighted by molar-refractivity contribution is 0.0906. The molecule has 1 aromatic heterocycles. The Kier molecular flexibility index (Phi) is 3.58. The summed E-state index contributed by atoms with van der Waals surface area (Å²) in [7, 11) is 0. The molecular weight excluding hydrogens is 220 g/mol. The molecule has 2 atom stereocenters. The van der Waals surface area contributed by atoms with Crippen LogP contribution in [0.25, 0.3) is 0 Å². The minimum Gasteiger partial charge on any atom is -0.378 e. The molecule has 1 aliphatic heterocycles. The van der Waals surface area contributed by atoms with E-state index in [-0.39, 0.29) is 23.0 Å². The van der Waals surface area contributed by atoms with Crippen LogP contribution < -0.4 is 10.7 Å². The van der Waals surface area contributed by atoms with Gasteiger partial charge in [-0.3, -0.25) is 9.59 Å². The Labute approximate surface area is 99.2 Å². The van der Waals surface area contributed by atoms with Crippen LogP contribution in [0.15, 0.2) is 23.3 Å². The van der Waals surface area contributed by atoms with E-state index in [9.17, 15) is 9.59 Å². The molecule has 0 bridgehead atoms. The van der Waals surface area contributed by atoms with Crippen molar-refractivity contribution in [2.24, 2.45) is 5.92 Å². The number of amides is 1. The van der Waals surface area contributed by atoms with E-state index in [0.717, 1.165) is 13.0 Å². The van der Waals surface area contributed by atoms with E-state index in [0.29, 0.717) is 12.5 Å². The van der Waals surface area contributed by atoms with E-state index in [1.54, 1.807) is 0 Å². The van der Waals surface area contributed by atoms with E-state index in [2.05, 4.69) is 10.3 Å². The summed E-state index contributed by atoms with van der Waals surface area (Å²) in [6.45, 7) is 3.29. The minimum absolute atomic E-state index is 0.152. The maximum absolute atomic E-state index is 11.8. The maximum Gasteiger partial charge on any atom is 0.256 e. The Hall–Kier alpha value is -1.62.